The first kappa shape index (κ1) is 28.0. The van der Waals surface area contributed by atoms with Gasteiger partial charge in [-0.25, -0.2) is 31.3 Å². The van der Waals surface area contributed by atoms with E-state index < -0.39 is 39.3 Å². The number of ether oxygens (including phenoxy) is 1. The minimum Gasteiger partial charge on any atom is -0.368 e. The van der Waals surface area contributed by atoms with Gasteiger partial charge >= 0.3 is 0 Å². The minimum atomic E-state index is -4.16. The number of methoxy groups -OCH3 is 1. The third kappa shape index (κ3) is 4.75. The van der Waals surface area contributed by atoms with Crippen molar-refractivity contribution in [2.24, 2.45) is 0 Å². The maximum absolute atomic E-state index is 13.7. The zero-order chi connectivity index (χ0) is 29.4. The van der Waals surface area contributed by atoms with Gasteiger partial charge in [-0.1, -0.05) is 11.3 Å². The van der Waals surface area contributed by atoms with Crippen molar-refractivity contribution < 1.29 is 31.1 Å². The Morgan fingerprint density at radius 2 is 1.88 bits per heavy atom. The Labute approximate surface area is 244 Å². The highest BCUT2D eigenvalue weighted by molar-refractivity contribution is 7.89. The predicted molar refractivity (Wildman–Crippen MR) is 147 cm³/mol. The number of nitrogens with one attached hydrogen (secondary N) is 1. The van der Waals surface area contributed by atoms with Crippen LogP contribution in [0.25, 0.3) is 16.3 Å². The molecule has 1 amide bonds. The molecule has 0 unspecified atom stereocenters. The van der Waals surface area contributed by atoms with Crippen molar-refractivity contribution in [3.63, 3.8) is 0 Å². The number of carbonyl (C=O) groups excluding carboxylic acids is 1. The van der Waals surface area contributed by atoms with Gasteiger partial charge in [-0.05, 0) is 44.6 Å². The van der Waals surface area contributed by atoms with Crippen molar-refractivity contribution in [1.29, 1.82) is 0 Å². The molecule has 0 spiro atoms. The number of anilines is 1. The van der Waals surface area contributed by atoms with Gasteiger partial charge in [-0.2, -0.15) is 0 Å². The molecule has 0 bridgehead atoms. The molecule has 42 heavy (non-hydrogen) atoms. The van der Waals surface area contributed by atoms with E-state index in [0.717, 1.165) is 24.2 Å². The third-order valence-corrected chi connectivity index (χ3v) is 11.1. The number of hydrogen-bond donors (Lipinski definition) is 1. The van der Waals surface area contributed by atoms with Gasteiger partial charge in [0.2, 0.25) is 10.0 Å². The average molecular weight is 626 g/mol. The van der Waals surface area contributed by atoms with Crippen LogP contribution in [0.1, 0.15) is 61.6 Å². The fourth-order valence-corrected chi connectivity index (χ4v) is 7.80. The number of pyridine rings is 1. The van der Waals surface area contributed by atoms with Gasteiger partial charge in [-0.3, -0.25) is 9.20 Å². The second-order valence-electron chi connectivity index (χ2n) is 11.6. The summed E-state index contributed by atoms with van der Waals surface area (Å²) in [5, 5.41) is 7.47. The van der Waals surface area contributed by atoms with Gasteiger partial charge < -0.3 is 14.5 Å². The smallest absolute Gasteiger partial charge is 0.291 e. The summed E-state index contributed by atoms with van der Waals surface area (Å²) in [6, 6.07) is 1.53. The van der Waals surface area contributed by atoms with Crippen molar-refractivity contribution in [2.75, 3.05) is 44.9 Å². The highest BCUT2D eigenvalue weighted by atomic mass is 32.2. The van der Waals surface area contributed by atoms with Gasteiger partial charge in [0, 0.05) is 45.4 Å². The van der Waals surface area contributed by atoms with E-state index >= 15 is 0 Å². The second-order valence-corrected chi connectivity index (χ2v) is 14.3. The lowest BCUT2D eigenvalue weighted by Gasteiger charge is -2.37. The maximum Gasteiger partial charge on any atom is 0.291 e. The van der Waals surface area contributed by atoms with Gasteiger partial charge in [0.15, 0.2) is 15.7 Å². The standard InChI is InChI=1S/C26H30F3N7O4S2/c1-40-26(6-7-26)24(37)35-10-8-34(9-11-35)17-12-16(42(38,39)33-25(14-27)4-5-25)13-36-19(18(15-2-3-15)30-21(17)36)22-31-32-23(41-22)20(28)29/h12-13,15,20,33H,2-11,14H2,1H3. The molecule has 0 radical (unpaired) electrons. The van der Waals surface area contributed by atoms with Gasteiger partial charge in [0.25, 0.3) is 12.3 Å². The molecule has 3 aromatic rings. The van der Waals surface area contributed by atoms with Crippen LogP contribution in [-0.2, 0) is 19.6 Å². The Kier molecular flexibility index (Phi) is 6.57. The van der Waals surface area contributed by atoms with Crippen LogP contribution in [0.5, 0.6) is 0 Å². The minimum absolute atomic E-state index is 0.0403. The van der Waals surface area contributed by atoms with Crippen molar-refractivity contribution in [3.8, 4) is 10.7 Å². The number of alkyl halides is 3. The lowest BCUT2D eigenvalue weighted by molar-refractivity contribution is -0.144. The Morgan fingerprint density at radius 1 is 1.17 bits per heavy atom. The second kappa shape index (κ2) is 9.86. The molecule has 4 heterocycles. The molecule has 16 heteroatoms. The number of fused-ring (bicyclic) bond motifs is 1. The van der Waals surface area contributed by atoms with Crippen molar-refractivity contribution in [3.05, 3.63) is 23.0 Å². The maximum atomic E-state index is 13.7. The number of hydrogen-bond acceptors (Lipinski definition) is 9. The zero-order valence-electron chi connectivity index (χ0n) is 22.9. The molecule has 4 aliphatic rings. The highest BCUT2D eigenvalue weighted by Crippen LogP contribution is 2.47. The Morgan fingerprint density at radius 3 is 2.43 bits per heavy atom. The van der Waals surface area contributed by atoms with E-state index in [9.17, 15) is 26.4 Å². The number of carbonyl (C=O) groups is 1. The van der Waals surface area contributed by atoms with E-state index in [2.05, 4.69) is 14.9 Å². The monoisotopic (exact) mass is 625 g/mol. The average Bonchev–Trinajstić information content (AvgIpc) is 3.93. The molecule has 1 aliphatic heterocycles. The van der Waals surface area contributed by atoms with E-state index in [-0.39, 0.29) is 21.7 Å². The van der Waals surface area contributed by atoms with Crippen molar-refractivity contribution in [2.45, 2.75) is 66.9 Å². The summed E-state index contributed by atoms with van der Waals surface area (Å²) in [6.07, 6.45) is 2.52. The van der Waals surface area contributed by atoms with Crippen LogP contribution in [0.4, 0.5) is 18.9 Å². The molecule has 3 aliphatic carbocycles. The summed E-state index contributed by atoms with van der Waals surface area (Å²) < 4.78 is 77.4. The lowest BCUT2D eigenvalue weighted by atomic mass is 10.2. The first-order chi connectivity index (χ1) is 20.1. The van der Waals surface area contributed by atoms with Crippen LogP contribution >= 0.6 is 11.3 Å². The van der Waals surface area contributed by atoms with Gasteiger partial charge in [0.05, 0.1) is 16.9 Å². The van der Waals surface area contributed by atoms with E-state index in [1.54, 1.807) is 16.4 Å². The van der Waals surface area contributed by atoms with Crippen molar-refractivity contribution in [1.82, 2.24) is 29.2 Å². The molecule has 1 saturated heterocycles. The molecule has 11 nitrogen and oxygen atoms in total. The Balaban J connectivity index is 1.32. The molecule has 1 N–H and O–H groups in total. The van der Waals surface area contributed by atoms with Crippen LogP contribution in [0.2, 0.25) is 0 Å². The largest absolute Gasteiger partial charge is 0.368 e. The number of amides is 1. The highest BCUT2D eigenvalue weighted by Gasteiger charge is 2.53. The molecule has 3 saturated carbocycles. The summed E-state index contributed by atoms with van der Waals surface area (Å²) in [5.74, 6) is 0.0471. The quantitative estimate of drug-likeness (QED) is 0.365. The van der Waals surface area contributed by atoms with Crippen LogP contribution in [0.15, 0.2) is 17.2 Å². The third-order valence-electron chi connectivity index (χ3n) is 8.66. The van der Waals surface area contributed by atoms with Crippen LogP contribution in [0, 0.1) is 0 Å². The molecule has 3 aromatic heterocycles. The topological polar surface area (TPSA) is 122 Å². The van der Waals surface area contributed by atoms with Crippen LogP contribution in [-0.4, -0.2) is 89.9 Å². The summed E-state index contributed by atoms with van der Waals surface area (Å²) in [5.41, 5.74) is 0.230. The SMILES string of the molecule is COC1(C(=O)N2CCN(c3cc(S(=O)(=O)NC4(CF)CC4)cn4c(-c5nnc(C(F)F)s5)c(C5CC5)nc34)CC2)CC1. The molecule has 0 aromatic carbocycles. The number of piperazine rings is 1. The first-order valence-corrected chi connectivity index (χ1v) is 16.3. The molecular weight excluding hydrogens is 595 g/mol. The van der Waals surface area contributed by atoms with Gasteiger partial charge in [-0.15, -0.1) is 10.2 Å². The molecular formula is C26H30F3N7O4S2. The number of rotatable bonds is 10. The van der Waals surface area contributed by atoms with E-state index in [4.69, 9.17) is 9.72 Å². The zero-order valence-corrected chi connectivity index (χ0v) is 24.5. The van der Waals surface area contributed by atoms with E-state index in [1.165, 1.54) is 12.3 Å². The molecule has 226 valence electrons. The fraction of sp³-hybridized carbons (Fsp3) is 0.615. The number of imidazole rings is 1. The summed E-state index contributed by atoms with van der Waals surface area (Å²) in [4.78, 5) is 21.6. The summed E-state index contributed by atoms with van der Waals surface area (Å²) in [6.45, 7) is 0.842. The Bertz CT molecular complexity index is 1660. The number of aromatic nitrogens is 4. The predicted octanol–water partition coefficient (Wildman–Crippen LogP) is 3.28. The number of sulfonamides is 1. The van der Waals surface area contributed by atoms with E-state index in [0.29, 0.717) is 74.6 Å². The number of nitrogens with zero attached hydrogens (tertiary/aromatic N) is 6. The normalized spacial score (nSPS) is 21.4. The number of halogens is 3. The molecule has 7 rings (SSSR count). The first-order valence-electron chi connectivity index (χ1n) is 14.0. The molecule has 0 atom stereocenters. The van der Waals surface area contributed by atoms with Crippen molar-refractivity contribution >= 4 is 38.6 Å². The lowest BCUT2D eigenvalue weighted by Crippen LogP contribution is -2.52. The molecule has 4 fully saturated rings. The van der Waals surface area contributed by atoms with Crippen LogP contribution < -0.4 is 9.62 Å². The summed E-state index contributed by atoms with van der Waals surface area (Å²) in [7, 11) is -2.62. The van der Waals surface area contributed by atoms with Crippen LogP contribution in [0.3, 0.4) is 0 Å². The summed E-state index contributed by atoms with van der Waals surface area (Å²) >= 11 is 0.748. The van der Waals surface area contributed by atoms with E-state index in [1.807, 2.05) is 4.90 Å². The fourth-order valence-electron chi connectivity index (χ4n) is 5.59. The Hall–Kier alpha value is -2.82. The van der Waals surface area contributed by atoms with Gasteiger partial charge in [0.1, 0.15) is 22.9 Å².